The number of carbonyl (C=O) groups excluding carboxylic acids is 1. The maximum atomic E-state index is 11.8. The highest BCUT2D eigenvalue weighted by molar-refractivity contribution is 9.10. The predicted molar refractivity (Wildman–Crippen MR) is 86.5 cm³/mol. The normalized spacial score (nSPS) is 10.2. The fraction of sp³-hybridized carbons (Fsp3) is 0.0714. The molecule has 0 aliphatic rings. The Morgan fingerprint density at radius 3 is 2.60 bits per heavy atom. The van der Waals surface area contributed by atoms with E-state index in [-0.39, 0.29) is 6.03 Å². The van der Waals surface area contributed by atoms with Crippen molar-refractivity contribution in [3.05, 3.63) is 62.5 Å². The average Bonchev–Trinajstić information content (AvgIpc) is 2.41. The predicted octanol–water partition coefficient (Wildman–Crippen LogP) is 5.08. The fourth-order valence-electron chi connectivity index (χ4n) is 1.58. The molecule has 0 aliphatic carbocycles. The minimum absolute atomic E-state index is 0.302. The summed E-state index contributed by atoms with van der Waals surface area (Å²) in [5.41, 5.74) is 1.59. The first-order chi connectivity index (χ1) is 9.54. The molecule has 0 aliphatic heterocycles. The number of rotatable bonds is 3. The molecule has 104 valence electrons. The quantitative estimate of drug-likeness (QED) is 0.773. The second kappa shape index (κ2) is 6.97. The number of benzene rings is 2. The molecule has 6 heteroatoms. The lowest BCUT2D eigenvalue weighted by atomic mass is 10.2. The molecule has 0 aromatic heterocycles. The molecule has 3 nitrogen and oxygen atoms in total. The highest BCUT2D eigenvalue weighted by Crippen LogP contribution is 2.24. The Morgan fingerprint density at radius 2 is 1.90 bits per heavy atom. The van der Waals surface area contributed by atoms with Crippen LogP contribution in [0.4, 0.5) is 10.5 Å². The van der Waals surface area contributed by atoms with E-state index in [1.807, 2.05) is 24.3 Å². The van der Waals surface area contributed by atoms with Crippen molar-refractivity contribution in [3.8, 4) is 0 Å². The molecule has 0 saturated carbocycles. The largest absolute Gasteiger partial charge is 0.334 e. The number of halogens is 3. The van der Waals surface area contributed by atoms with Gasteiger partial charge in [0.05, 0.1) is 10.0 Å². The van der Waals surface area contributed by atoms with Gasteiger partial charge in [0.25, 0.3) is 0 Å². The topological polar surface area (TPSA) is 41.1 Å². The molecule has 2 N–H and O–H groups in total. The van der Waals surface area contributed by atoms with E-state index in [9.17, 15) is 4.79 Å². The number of nitrogens with one attached hydrogen (secondary N) is 2. The lowest BCUT2D eigenvalue weighted by Crippen LogP contribution is -2.28. The number of hydrogen-bond acceptors (Lipinski definition) is 1. The van der Waals surface area contributed by atoms with Crippen molar-refractivity contribution >= 4 is 50.9 Å². The van der Waals surface area contributed by atoms with E-state index in [0.29, 0.717) is 22.3 Å². The van der Waals surface area contributed by atoms with Crippen LogP contribution in [-0.4, -0.2) is 6.03 Å². The third kappa shape index (κ3) is 4.40. The van der Waals surface area contributed by atoms with Gasteiger partial charge in [-0.3, -0.25) is 0 Å². The van der Waals surface area contributed by atoms with Gasteiger partial charge in [0, 0.05) is 16.7 Å². The summed E-state index contributed by atoms with van der Waals surface area (Å²) in [5.74, 6) is 0. The lowest BCUT2D eigenvalue weighted by molar-refractivity contribution is 0.251. The van der Waals surface area contributed by atoms with Crippen molar-refractivity contribution in [1.29, 1.82) is 0 Å². The van der Waals surface area contributed by atoms with Gasteiger partial charge in [-0.05, 0) is 35.9 Å². The van der Waals surface area contributed by atoms with Gasteiger partial charge in [-0.25, -0.2) is 4.79 Å². The van der Waals surface area contributed by atoms with Crippen LogP contribution in [-0.2, 0) is 6.54 Å². The molecule has 0 unspecified atom stereocenters. The molecule has 20 heavy (non-hydrogen) atoms. The molecule has 0 radical (unpaired) electrons. The Morgan fingerprint density at radius 1 is 1.10 bits per heavy atom. The zero-order chi connectivity index (χ0) is 14.5. The van der Waals surface area contributed by atoms with Crippen LogP contribution < -0.4 is 10.6 Å². The summed E-state index contributed by atoms with van der Waals surface area (Å²) >= 11 is 15.1. The average molecular weight is 374 g/mol. The zero-order valence-corrected chi connectivity index (χ0v) is 13.4. The molecule has 0 spiro atoms. The number of amides is 2. The summed E-state index contributed by atoms with van der Waals surface area (Å²) in [6, 6.07) is 12.3. The van der Waals surface area contributed by atoms with Crippen molar-refractivity contribution in [3.63, 3.8) is 0 Å². The lowest BCUT2D eigenvalue weighted by Gasteiger charge is -2.08. The van der Waals surface area contributed by atoms with E-state index in [2.05, 4.69) is 26.6 Å². The second-order valence-corrected chi connectivity index (χ2v) is 5.80. The van der Waals surface area contributed by atoms with Crippen molar-refractivity contribution in [1.82, 2.24) is 5.32 Å². The van der Waals surface area contributed by atoms with Gasteiger partial charge >= 0.3 is 6.03 Å². The first kappa shape index (κ1) is 15.2. The van der Waals surface area contributed by atoms with Gasteiger partial charge < -0.3 is 10.6 Å². The molecule has 2 amide bonds. The molecule has 0 bridgehead atoms. The summed E-state index contributed by atoms with van der Waals surface area (Å²) in [5, 5.41) is 6.30. The zero-order valence-electron chi connectivity index (χ0n) is 10.3. The van der Waals surface area contributed by atoms with Crippen molar-refractivity contribution in [2.24, 2.45) is 0 Å². The molecule has 2 rings (SSSR count). The summed E-state index contributed by atoms with van der Waals surface area (Å²) in [7, 11) is 0. The van der Waals surface area contributed by atoms with Gasteiger partial charge in [0.15, 0.2) is 0 Å². The Kier molecular flexibility index (Phi) is 5.29. The van der Waals surface area contributed by atoms with Gasteiger partial charge in [0.2, 0.25) is 0 Å². The Labute approximate surface area is 135 Å². The van der Waals surface area contributed by atoms with E-state index in [0.717, 1.165) is 10.0 Å². The molecule has 0 heterocycles. The van der Waals surface area contributed by atoms with Crippen LogP contribution in [0.25, 0.3) is 0 Å². The maximum absolute atomic E-state index is 11.8. The fourth-order valence-corrected chi connectivity index (χ4v) is 2.32. The number of carbonyl (C=O) groups is 1. The summed E-state index contributed by atoms with van der Waals surface area (Å²) < 4.78 is 0.974. The van der Waals surface area contributed by atoms with Crippen LogP contribution in [0.3, 0.4) is 0 Å². The molecule has 0 saturated heterocycles. The Hall–Kier alpha value is -1.23. The number of urea groups is 1. The monoisotopic (exact) mass is 372 g/mol. The Balaban J connectivity index is 1.91. The van der Waals surface area contributed by atoms with Gasteiger partial charge in [-0.15, -0.1) is 0 Å². The van der Waals surface area contributed by atoms with Crippen LogP contribution in [0.1, 0.15) is 5.56 Å². The molecule has 2 aromatic carbocycles. The standard InChI is InChI=1S/C14H11BrCl2N2O/c15-10-3-1-2-9(6-10)8-18-14(20)19-11-4-5-12(16)13(17)7-11/h1-7H,8H2,(H2,18,19,20). The third-order valence-electron chi connectivity index (χ3n) is 2.52. The maximum Gasteiger partial charge on any atom is 0.319 e. The van der Waals surface area contributed by atoms with Crippen LogP contribution in [0.5, 0.6) is 0 Å². The molecule has 2 aromatic rings. The second-order valence-electron chi connectivity index (χ2n) is 4.07. The van der Waals surface area contributed by atoms with E-state index < -0.39 is 0 Å². The minimum atomic E-state index is -0.302. The third-order valence-corrected chi connectivity index (χ3v) is 3.75. The molecular formula is C14H11BrCl2N2O. The van der Waals surface area contributed by atoms with Crippen molar-refractivity contribution in [2.45, 2.75) is 6.54 Å². The molecule has 0 fully saturated rings. The van der Waals surface area contributed by atoms with Crippen LogP contribution in [0.2, 0.25) is 10.0 Å². The van der Waals surface area contributed by atoms with E-state index in [4.69, 9.17) is 23.2 Å². The summed E-state index contributed by atoms with van der Waals surface area (Å²) in [4.78, 5) is 11.8. The van der Waals surface area contributed by atoms with E-state index >= 15 is 0 Å². The highest BCUT2D eigenvalue weighted by Gasteiger charge is 2.04. The summed E-state index contributed by atoms with van der Waals surface area (Å²) in [6.07, 6.45) is 0. The van der Waals surface area contributed by atoms with Crippen LogP contribution in [0.15, 0.2) is 46.9 Å². The van der Waals surface area contributed by atoms with Gasteiger partial charge in [-0.2, -0.15) is 0 Å². The summed E-state index contributed by atoms with van der Waals surface area (Å²) in [6.45, 7) is 0.437. The van der Waals surface area contributed by atoms with E-state index in [1.165, 1.54) is 0 Å². The van der Waals surface area contributed by atoms with Gasteiger partial charge in [0.1, 0.15) is 0 Å². The first-order valence-electron chi connectivity index (χ1n) is 5.79. The minimum Gasteiger partial charge on any atom is -0.334 e. The number of hydrogen-bond donors (Lipinski definition) is 2. The first-order valence-corrected chi connectivity index (χ1v) is 7.34. The van der Waals surface area contributed by atoms with Crippen molar-refractivity contribution in [2.75, 3.05) is 5.32 Å². The van der Waals surface area contributed by atoms with Crippen LogP contribution >= 0.6 is 39.1 Å². The highest BCUT2D eigenvalue weighted by atomic mass is 79.9. The van der Waals surface area contributed by atoms with Crippen molar-refractivity contribution < 1.29 is 4.79 Å². The Bertz CT molecular complexity index is 634. The molecular weight excluding hydrogens is 363 g/mol. The smallest absolute Gasteiger partial charge is 0.319 e. The van der Waals surface area contributed by atoms with Gasteiger partial charge in [-0.1, -0.05) is 51.3 Å². The van der Waals surface area contributed by atoms with Crippen LogP contribution in [0, 0.1) is 0 Å². The number of anilines is 1. The SMILES string of the molecule is O=C(NCc1cccc(Br)c1)Nc1ccc(Cl)c(Cl)c1. The molecule has 0 atom stereocenters. The van der Waals surface area contributed by atoms with E-state index in [1.54, 1.807) is 18.2 Å².